The second-order valence-corrected chi connectivity index (χ2v) is 4.59. The predicted molar refractivity (Wildman–Crippen MR) is 40.3 cm³/mol. The smallest absolute Gasteiger partial charge is 0.240 e. The molecule has 2 unspecified atom stereocenters. The Bertz CT molecular complexity index is 299. The maximum Gasteiger partial charge on any atom is 0.240 e. The third-order valence-corrected chi connectivity index (χ3v) is 2.77. The Balaban J connectivity index is 3.00. The van der Waals surface area contributed by atoms with Crippen molar-refractivity contribution in [2.24, 2.45) is 5.73 Å². The Morgan fingerprint density at radius 2 is 2.17 bits per heavy atom. The summed E-state index contributed by atoms with van der Waals surface area (Å²) in [4.78, 5) is 10.9. The van der Waals surface area contributed by atoms with Gasteiger partial charge >= 0.3 is 0 Å². The molecular formula is C5H10N2O4S. The molecule has 1 aliphatic rings. The largest absolute Gasteiger partial charge is 0.371 e. The molecule has 3 N–H and O–H groups in total. The molecule has 0 aromatic rings. The van der Waals surface area contributed by atoms with Crippen molar-refractivity contribution in [1.82, 2.24) is 4.31 Å². The average molecular weight is 194 g/mol. The van der Waals surface area contributed by atoms with E-state index in [4.69, 9.17) is 10.8 Å². The van der Waals surface area contributed by atoms with Gasteiger partial charge in [0, 0.05) is 6.42 Å². The summed E-state index contributed by atoms with van der Waals surface area (Å²) in [6, 6.07) is -0.813. The molecule has 6 nitrogen and oxygen atoms in total. The van der Waals surface area contributed by atoms with E-state index in [0.717, 1.165) is 6.26 Å². The zero-order valence-electron chi connectivity index (χ0n) is 6.47. The van der Waals surface area contributed by atoms with Crippen molar-refractivity contribution in [2.75, 3.05) is 6.26 Å². The van der Waals surface area contributed by atoms with Crippen LogP contribution in [0.3, 0.4) is 0 Å². The number of sulfonamides is 1. The highest BCUT2D eigenvalue weighted by atomic mass is 32.2. The van der Waals surface area contributed by atoms with Gasteiger partial charge in [0.05, 0.1) is 12.3 Å². The van der Waals surface area contributed by atoms with Crippen LogP contribution in [0.2, 0.25) is 0 Å². The molecule has 7 heteroatoms. The fraction of sp³-hybridized carbons (Fsp3) is 0.800. The number of hydrogen-bond acceptors (Lipinski definition) is 5. The number of carbonyl (C=O) groups excluding carboxylic acids is 1. The number of aliphatic hydroxyl groups excluding tert-OH is 1. The van der Waals surface area contributed by atoms with Crippen molar-refractivity contribution < 1.29 is 18.3 Å². The van der Waals surface area contributed by atoms with Crippen molar-refractivity contribution in [1.29, 1.82) is 0 Å². The number of amides is 1. The van der Waals surface area contributed by atoms with Crippen LogP contribution in [0.5, 0.6) is 0 Å². The number of nitrogens with zero attached hydrogens (tertiary/aromatic N) is 1. The predicted octanol–water partition coefficient (Wildman–Crippen LogP) is -2.18. The summed E-state index contributed by atoms with van der Waals surface area (Å²) in [5.74, 6) is -0.655. The Hall–Kier alpha value is -0.660. The average Bonchev–Trinajstić information content (AvgIpc) is 2.05. The van der Waals surface area contributed by atoms with Crippen LogP contribution in [0, 0.1) is 0 Å². The van der Waals surface area contributed by atoms with Gasteiger partial charge in [-0.15, -0.1) is 0 Å². The number of hydrogen-bond donors (Lipinski definition) is 2. The highest BCUT2D eigenvalue weighted by Crippen LogP contribution is 2.18. The topological polar surface area (TPSA) is 101 Å². The van der Waals surface area contributed by atoms with Gasteiger partial charge in [0.2, 0.25) is 15.9 Å². The summed E-state index contributed by atoms with van der Waals surface area (Å²) in [5.41, 5.74) is 5.28. The van der Waals surface area contributed by atoms with Crippen molar-refractivity contribution in [3.8, 4) is 0 Å². The van der Waals surface area contributed by atoms with Gasteiger partial charge in [-0.05, 0) is 0 Å². The van der Waals surface area contributed by atoms with Crippen LogP contribution in [0.1, 0.15) is 6.42 Å². The summed E-state index contributed by atoms with van der Waals surface area (Å²) in [5, 5.41) is 9.16. The lowest BCUT2D eigenvalue weighted by Gasteiger charge is -2.18. The molecule has 1 saturated heterocycles. The van der Waals surface area contributed by atoms with Gasteiger partial charge in [0.15, 0.2) is 6.23 Å². The second kappa shape index (κ2) is 2.68. The molecule has 1 fully saturated rings. The highest BCUT2D eigenvalue weighted by molar-refractivity contribution is 7.88. The van der Waals surface area contributed by atoms with Gasteiger partial charge in [0.25, 0.3) is 0 Å². The molecule has 1 aliphatic heterocycles. The number of nitrogens with two attached hydrogens (primary N) is 1. The lowest BCUT2D eigenvalue weighted by molar-refractivity contribution is -0.126. The Morgan fingerprint density at radius 3 is 2.33 bits per heavy atom. The molecule has 0 bridgehead atoms. The van der Waals surface area contributed by atoms with Gasteiger partial charge in [-0.1, -0.05) is 0 Å². The molecule has 12 heavy (non-hydrogen) atoms. The minimum Gasteiger partial charge on any atom is -0.371 e. The van der Waals surface area contributed by atoms with Gasteiger partial charge in [-0.25, -0.2) is 12.7 Å². The van der Waals surface area contributed by atoms with E-state index in [9.17, 15) is 13.2 Å². The minimum atomic E-state index is -3.68. The van der Waals surface area contributed by atoms with E-state index in [1.165, 1.54) is 0 Å². The molecular weight excluding hydrogens is 184 g/mol. The Labute approximate surface area is 70.0 Å². The maximum atomic E-state index is 10.9. The van der Waals surface area contributed by atoms with Crippen LogP contribution in [-0.4, -0.2) is 42.3 Å². The third kappa shape index (κ3) is 1.43. The maximum absolute atomic E-state index is 10.9. The first-order valence-corrected chi connectivity index (χ1v) is 5.15. The standard InChI is InChI=1S/C5H10N2O4S/c1-12(10,11)7-4(8)2-3(6)5(7)9/h3,5,9H,2,6H2,1H3. The Kier molecular flexibility index (Phi) is 2.11. The van der Waals surface area contributed by atoms with Crippen LogP contribution in [0.4, 0.5) is 0 Å². The zero-order valence-corrected chi connectivity index (χ0v) is 7.28. The molecule has 0 aliphatic carbocycles. The van der Waals surface area contributed by atoms with Crippen molar-refractivity contribution >= 4 is 15.9 Å². The number of aliphatic hydroxyl groups is 1. The van der Waals surface area contributed by atoms with Gasteiger partial charge in [0.1, 0.15) is 0 Å². The van der Waals surface area contributed by atoms with Crippen molar-refractivity contribution in [3.05, 3.63) is 0 Å². The molecule has 0 aromatic carbocycles. The Morgan fingerprint density at radius 1 is 1.67 bits per heavy atom. The van der Waals surface area contributed by atoms with E-state index in [2.05, 4.69) is 0 Å². The van der Waals surface area contributed by atoms with Gasteiger partial charge < -0.3 is 10.8 Å². The molecule has 1 amide bonds. The van der Waals surface area contributed by atoms with Gasteiger partial charge in [-0.3, -0.25) is 4.79 Å². The SMILES string of the molecule is CS(=O)(=O)N1C(=O)CC(N)C1O. The second-order valence-electron chi connectivity index (χ2n) is 2.73. The quantitative estimate of drug-likeness (QED) is 0.494. The van der Waals surface area contributed by atoms with E-state index in [1.54, 1.807) is 0 Å². The summed E-state index contributed by atoms with van der Waals surface area (Å²) in [7, 11) is -3.68. The van der Waals surface area contributed by atoms with Crippen LogP contribution < -0.4 is 5.73 Å². The first kappa shape index (κ1) is 9.43. The van der Waals surface area contributed by atoms with Crippen LogP contribution in [0.25, 0.3) is 0 Å². The normalized spacial score (nSPS) is 31.2. The monoisotopic (exact) mass is 194 g/mol. The van der Waals surface area contributed by atoms with Crippen LogP contribution in [-0.2, 0) is 14.8 Å². The minimum absolute atomic E-state index is 0.131. The highest BCUT2D eigenvalue weighted by Gasteiger charge is 2.41. The lowest BCUT2D eigenvalue weighted by atomic mass is 10.3. The molecule has 2 atom stereocenters. The first-order chi connectivity index (χ1) is 5.34. The first-order valence-electron chi connectivity index (χ1n) is 3.30. The fourth-order valence-electron chi connectivity index (χ4n) is 1.10. The molecule has 0 saturated carbocycles. The van der Waals surface area contributed by atoms with E-state index in [1.807, 2.05) is 0 Å². The fourth-order valence-corrected chi connectivity index (χ4v) is 2.09. The molecule has 0 radical (unpaired) electrons. The van der Waals surface area contributed by atoms with Crippen LogP contribution in [0.15, 0.2) is 0 Å². The number of carbonyl (C=O) groups is 1. The van der Waals surface area contributed by atoms with Crippen molar-refractivity contribution in [2.45, 2.75) is 18.7 Å². The summed E-state index contributed by atoms with van der Waals surface area (Å²) in [6.45, 7) is 0. The van der Waals surface area contributed by atoms with E-state index in [-0.39, 0.29) is 6.42 Å². The van der Waals surface area contributed by atoms with E-state index in [0.29, 0.717) is 4.31 Å². The number of rotatable bonds is 1. The molecule has 70 valence electrons. The van der Waals surface area contributed by atoms with E-state index < -0.39 is 28.2 Å². The molecule has 1 heterocycles. The molecule has 0 spiro atoms. The summed E-state index contributed by atoms with van der Waals surface area (Å²) < 4.78 is 22.2. The molecule has 0 aromatic heterocycles. The summed E-state index contributed by atoms with van der Waals surface area (Å²) >= 11 is 0. The molecule has 1 rings (SSSR count). The lowest BCUT2D eigenvalue weighted by Crippen LogP contribution is -2.43. The van der Waals surface area contributed by atoms with Crippen LogP contribution >= 0.6 is 0 Å². The summed E-state index contributed by atoms with van der Waals surface area (Å²) in [6.07, 6.45) is -0.687. The van der Waals surface area contributed by atoms with E-state index >= 15 is 0 Å². The zero-order chi connectivity index (χ0) is 9.52. The third-order valence-electron chi connectivity index (χ3n) is 1.64. The van der Waals surface area contributed by atoms with Gasteiger partial charge in [-0.2, -0.15) is 0 Å². The van der Waals surface area contributed by atoms with Crippen molar-refractivity contribution in [3.63, 3.8) is 0 Å².